The van der Waals surface area contributed by atoms with Crippen molar-refractivity contribution in [2.75, 3.05) is 0 Å². The van der Waals surface area contributed by atoms with Crippen LogP contribution in [0.15, 0.2) is 24.7 Å². The van der Waals surface area contributed by atoms with Crippen LogP contribution in [-0.4, -0.2) is 37.1 Å². The van der Waals surface area contributed by atoms with Crippen LogP contribution in [-0.2, 0) is 6.18 Å². The smallest absolute Gasteiger partial charge is 0.452 e. The number of pyridine rings is 1. The van der Waals surface area contributed by atoms with Gasteiger partial charge in [0.25, 0.3) is 12.3 Å². The normalized spacial score (nSPS) is 13.4. The number of nitrogens with zero attached hydrogens (tertiary/aromatic N) is 5. The number of aromatic nitrogens is 5. The Morgan fingerprint density at radius 2 is 1.85 bits per heavy atom. The third-order valence-electron chi connectivity index (χ3n) is 3.30. The minimum absolute atomic E-state index is 0.0169. The summed E-state index contributed by atoms with van der Waals surface area (Å²) in [6.45, 7) is 1.04. The maximum absolute atomic E-state index is 14.0. The van der Waals surface area contributed by atoms with Gasteiger partial charge in [0.1, 0.15) is 0 Å². The van der Waals surface area contributed by atoms with E-state index in [4.69, 9.17) is 0 Å². The zero-order chi connectivity index (χ0) is 19.1. The Morgan fingerprint density at radius 1 is 1.12 bits per heavy atom. The van der Waals surface area contributed by atoms with Gasteiger partial charge in [-0.3, -0.25) is 9.38 Å². The number of ether oxygens (including phenoxy) is 1. The lowest BCUT2D eigenvalue weighted by molar-refractivity contribution is -0.145. The number of rotatable bonds is 4. The van der Waals surface area contributed by atoms with E-state index in [1.807, 2.05) is 0 Å². The second-order valence-electron chi connectivity index (χ2n) is 5.19. The Balaban J connectivity index is 1.97. The fourth-order valence-electron chi connectivity index (χ4n) is 2.02. The summed E-state index contributed by atoms with van der Waals surface area (Å²) < 4.78 is 82.9. The lowest BCUT2D eigenvalue weighted by atomic mass is 10.2. The van der Waals surface area contributed by atoms with Crippen molar-refractivity contribution >= 4 is 5.65 Å². The first-order valence-corrected chi connectivity index (χ1v) is 7.05. The molecular weight excluding hydrogens is 368 g/mol. The van der Waals surface area contributed by atoms with Crippen LogP contribution in [0.2, 0.25) is 0 Å². The van der Waals surface area contributed by atoms with Crippen LogP contribution in [0.3, 0.4) is 0 Å². The molecule has 0 saturated carbocycles. The van der Waals surface area contributed by atoms with Crippen molar-refractivity contribution in [3.8, 4) is 17.1 Å². The fraction of sp³-hybridized carbons (Fsp3) is 0.286. The molecule has 1 atom stereocenters. The number of hydrogen-bond acceptors (Lipinski definition) is 5. The molecule has 12 heteroatoms. The van der Waals surface area contributed by atoms with E-state index in [0.29, 0.717) is 4.40 Å². The van der Waals surface area contributed by atoms with Crippen LogP contribution in [0.25, 0.3) is 16.9 Å². The van der Waals surface area contributed by atoms with E-state index >= 15 is 0 Å². The molecule has 0 aliphatic heterocycles. The summed E-state index contributed by atoms with van der Waals surface area (Å²) in [5.74, 6) is -2.98. The van der Waals surface area contributed by atoms with Crippen LogP contribution >= 0.6 is 0 Å². The molecular formula is C14H9F6N5O. The molecule has 0 saturated heterocycles. The minimum atomic E-state index is -4.75. The van der Waals surface area contributed by atoms with Gasteiger partial charge < -0.3 is 4.74 Å². The average Bonchev–Trinajstić information content (AvgIpc) is 2.99. The highest BCUT2D eigenvalue weighted by molar-refractivity contribution is 5.59. The molecule has 3 aromatic heterocycles. The van der Waals surface area contributed by atoms with Crippen molar-refractivity contribution in [3.63, 3.8) is 0 Å². The molecule has 0 spiro atoms. The third kappa shape index (κ3) is 3.39. The van der Waals surface area contributed by atoms with E-state index in [1.54, 1.807) is 0 Å². The monoisotopic (exact) mass is 377 g/mol. The number of halogens is 6. The molecule has 138 valence electrons. The molecule has 0 amide bonds. The molecule has 0 unspecified atom stereocenters. The van der Waals surface area contributed by atoms with Gasteiger partial charge in [-0.15, -0.1) is 10.2 Å². The number of alkyl halides is 5. The van der Waals surface area contributed by atoms with Crippen molar-refractivity contribution < 1.29 is 31.1 Å². The quantitative estimate of drug-likeness (QED) is 0.653. The SMILES string of the molecule is C[C@H](Oc1ncc(-c2cn3c(C(F)(F)F)nnc3cn2)cc1F)C(F)F. The maximum atomic E-state index is 14.0. The first-order valence-electron chi connectivity index (χ1n) is 7.05. The molecule has 3 aromatic rings. The van der Waals surface area contributed by atoms with E-state index in [9.17, 15) is 26.3 Å². The summed E-state index contributed by atoms with van der Waals surface area (Å²) in [6.07, 6.45) is -6.12. The highest BCUT2D eigenvalue weighted by Crippen LogP contribution is 2.29. The van der Waals surface area contributed by atoms with Crippen molar-refractivity contribution in [3.05, 3.63) is 36.3 Å². The lowest BCUT2D eigenvalue weighted by Crippen LogP contribution is -2.22. The molecule has 0 N–H and O–H groups in total. The van der Waals surface area contributed by atoms with E-state index in [-0.39, 0.29) is 16.9 Å². The summed E-state index contributed by atoms with van der Waals surface area (Å²) >= 11 is 0. The van der Waals surface area contributed by atoms with Crippen LogP contribution in [0.5, 0.6) is 5.88 Å². The first kappa shape index (κ1) is 17.9. The van der Waals surface area contributed by atoms with Crippen molar-refractivity contribution in [1.82, 2.24) is 24.6 Å². The van der Waals surface area contributed by atoms with Gasteiger partial charge in [-0.05, 0) is 13.0 Å². The Morgan fingerprint density at radius 3 is 2.46 bits per heavy atom. The van der Waals surface area contributed by atoms with Gasteiger partial charge in [-0.25, -0.2) is 18.2 Å². The van der Waals surface area contributed by atoms with E-state index in [1.165, 1.54) is 0 Å². The predicted octanol–water partition coefficient (Wildman–Crippen LogP) is 3.38. The van der Waals surface area contributed by atoms with Crippen molar-refractivity contribution in [1.29, 1.82) is 0 Å². The molecule has 0 aromatic carbocycles. The second kappa shape index (κ2) is 6.42. The van der Waals surface area contributed by atoms with Gasteiger partial charge in [0.15, 0.2) is 17.6 Å². The Bertz CT molecular complexity index is 941. The highest BCUT2D eigenvalue weighted by atomic mass is 19.4. The van der Waals surface area contributed by atoms with Crippen LogP contribution in [0.1, 0.15) is 12.7 Å². The second-order valence-corrected chi connectivity index (χ2v) is 5.19. The molecule has 26 heavy (non-hydrogen) atoms. The summed E-state index contributed by atoms with van der Waals surface area (Å²) in [4.78, 5) is 7.46. The van der Waals surface area contributed by atoms with Gasteiger partial charge in [-0.2, -0.15) is 13.2 Å². The Hall–Kier alpha value is -2.92. The third-order valence-corrected chi connectivity index (χ3v) is 3.30. The van der Waals surface area contributed by atoms with Crippen LogP contribution in [0, 0.1) is 5.82 Å². The molecule has 3 rings (SSSR count). The number of hydrogen-bond donors (Lipinski definition) is 0. The van der Waals surface area contributed by atoms with E-state index in [2.05, 4.69) is 24.9 Å². The first-order chi connectivity index (χ1) is 12.2. The fourth-order valence-corrected chi connectivity index (χ4v) is 2.02. The summed E-state index contributed by atoms with van der Waals surface area (Å²) in [6, 6.07) is 0.867. The van der Waals surface area contributed by atoms with Crippen LogP contribution < -0.4 is 4.74 Å². The molecule has 6 nitrogen and oxygen atoms in total. The molecule has 0 aliphatic rings. The summed E-state index contributed by atoms with van der Waals surface area (Å²) in [5.41, 5.74) is -0.189. The largest absolute Gasteiger partial charge is 0.466 e. The molecule has 0 bridgehead atoms. The molecule has 3 heterocycles. The van der Waals surface area contributed by atoms with Crippen molar-refractivity contribution in [2.24, 2.45) is 0 Å². The number of fused-ring (bicyclic) bond motifs is 1. The molecule has 0 radical (unpaired) electrons. The van der Waals surface area contributed by atoms with Gasteiger partial charge in [-0.1, -0.05) is 0 Å². The minimum Gasteiger partial charge on any atom is -0.466 e. The molecule has 0 fully saturated rings. The zero-order valence-electron chi connectivity index (χ0n) is 12.9. The lowest BCUT2D eigenvalue weighted by Gasteiger charge is -2.13. The van der Waals surface area contributed by atoms with Gasteiger partial charge >= 0.3 is 6.18 Å². The topological polar surface area (TPSA) is 65.2 Å². The highest BCUT2D eigenvalue weighted by Gasteiger charge is 2.37. The van der Waals surface area contributed by atoms with Crippen molar-refractivity contribution in [2.45, 2.75) is 25.6 Å². The average molecular weight is 377 g/mol. The van der Waals surface area contributed by atoms with Gasteiger partial charge in [0.05, 0.1) is 11.9 Å². The zero-order valence-corrected chi connectivity index (χ0v) is 12.9. The Kier molecular flexibility index (Phi) is 4.42. The van der Waals surface area contributed by atoms with E-state index in [0.717, 1.165) is 31.6 Å². The maximum Gasteiger partial charge on any atom is 0.452 e. The summed E-state index contributed by atoms with van der Waals surface area (Å²) in [5, 5.41) is 6.40. The van der Waals surface area contributed by atoms with Crippen LogP contribution in [0.4, 0.5) is 26.3 Å². The standard InChI is InChI=1S/C14H9F6N5O/c1-6(11(16)17)26-12-8(15)2-7(3-22-12)9-5-25-10(4-21-9)23-24-13(25)14(18,19)20/h2-6,11H,1H3/t6-/m0/s1. The summed E-state index contributed by atoms with van der Waals surface area (Å²) in [7, 11) is 0. The van der Waals surface area contributed by atoms with Gasteiger partial charge in [0.2, 0.25) is 5.82 Å². The Labute approximate surface area is 141 Å². The van der Waals surface area contributed by atoms with Gasteiger partial charge in [0, 0.05) is 18.0 Å². The molecule has 0 aliphatic carbocycles. The predicted molar refractivity (Wildman–Crippen MR) is 75.1 cm³/mol. The van der Waals surface area contributed by atoms with E-state index < -0.39 is 36.2 Å².